The molecule has 3 rings (SSSR count). The highest BCUT2D eigenvalue weighted by Gasteiger charge is 2.17. The minimum atomic E-state index is -3.70. The maximum atomic E-state index is 12.3. The van der Waals surface area contributed by atoms with Crippen LogP contribution in [-0.2, 0) is 17.1 Å². The molecule has 0 amide bonds. The highest BCUT2D eigenvalue weighted by molar-refractivity contribution is 7.92. The van der Waals surface area contributed by atoms with Gasteiger partial charge < -0.3 is 4.52 Å². The number of thiazole rings is 1. The molecule has 0 aliphatic rings. The van der Waals surface area contributed by atoms with Crippen molar-refractivity contribution in [2.45, 2.75) is 18.7 Å². The van der Waals surface area contributed by atoms with E-state index in [2.05, 4.69) is 15.2 Å². The number of aryl methyl sites for hydroxylation is 2. The summed E-state index contributed by atoms with van der Waals surface area (Å²) in [5, 5.41) is 9.91. The first-order chi connectivity index (χ1) is 11.3. The van der Waals surface area contributed by atoms with Gasteiger partial charge in [0.2, 0.25) is 0 Å². The van der Waals surface area contributed by atoms with Crippen LogP contribution in [0, 0.1) is 13.8 Å². The number of nitrogens with one attached hydrogen (secondary N) is 2. The Bertz CT molecular complexity index is 959. The van der Waals surface area contributed by atoms with Gasteiger partial charge in [-0.05, 0) is 38.1 Å². The minimum Gasteiger partial charge on any atom is -0.360 e. The third-order valence-corrected chi connectivity index (χ3v) is 5.89. The molecule has 0 aliphatic heterocycles. The van der Waals surface area contributed by atoms with Gasteiger partial charge in [0.05, 0.1) is 11.9 Å². The molecule has 0 aliphatic carbocycles. The molecule has 0 spiro atoms. The second-order valence-corrected chi connectivity index (χ2v) is 7.86. The van der Waals surface area contributed by atoms with Crippen LogP contribution in [0.15, 0.2) is 45.1 Å². The minimum absolute atomic E-state index is 0.153. The van der Waals surface area contributed by atoms with Crippen LogP contribution in [0.25, 0.3) is 0 Å². The molecule has 0 saturated carbocycles. The summed E-state index contributed by atoms with van der Waals surface area (Å²) >= 11 is 1.59. The van der Waals surface area contributed by atoms with Gasteiger partial charge in [0, 0.05) is 11.4 Å². The summed E-state index contributed by atoms with van der Waals surface area (Å²) in [4.78, 5) is 0.153. The van der Waals surface area contributed by atoms with Crippen molar-refractivity contribution in [2.75, 3.05) is 10.0 Å². The smallest absolute Gasteiger partial charge is 0.338 e. The average Bonchev–Trinajstić information content (AvgIpc) is 3.07. The van der Waals surface area contributed by atoms with E-state index in [9.17, 15) is 8.42 Å². The van der Waals surface area contributed by atoms with Crippen molar-refractivity contribution in [3.8, 4) is 0 Å². The van der Waals surface area contributed by atoms with Crippen LogP contribution in [0.4, 0.5) is 16.6 Å². The van der Waals surface area contributed by atoms with E-state index in [1.807, 2.05) is 23.9 Å². The Hall–Kier alpha value is -2.39. The van der Waals surface area contributed by atoms with Gasteiger partial charge >= 0.3 is 5.13 Å². The van der Waals surface area contributed by atoms with E-state index in [4.69, 9.17) is 4.52 Å². The number of benzene rings is 1. The number of hydrogen-bond acceptors (Lipinski definition) is 6. The molecule has 0 radical (unpaired) electrons. The van der Waals surface area contributed by atoms with E-state index >= 15 is 0 Å². The third kappa shape index (κ3) is 3.41. The van der Waals surface area contributed by atoms with Crippen molar-refractivity contribution in [2.24, 2.45) is 7.05 Å². The van der Waals surface area contributed by atoms with E-state index in [0.29, 0.717) is 5.76 Å². The number of nitrogens with zero attached hydrogens (tertiary/aromatic N) is 2. The van der Waals surface area contributed by atoms with E-state index in [1.165, 1.54) is 18.2 Å². The highest BCUT2D eigenvalue weighted by Crippen LogP contribution is 2.22. The zero-order valence-electron chi connectivity index (χ0n) is 13.4. The number of sulfonamides is 1. The second kappa shape index (κ2) is 6.25. The summed E-state index contributed by atoms with van der Waals surface area (Å²) in [6.07, 6.45) is 0. The second-order valence-electron chi connectivity index (χ2n) is 5.32. The highest BCUT2D eigenvalue weighted by atomic mass is 32.2. The monoisotopic (exact) mass is 365 g/mol. The van der Waals surface area contributed by atoms with Gasteiger partial charge in [0.15, 0.2) is 5.82 Å². The predicted molar refractivity (Wildman–Crippen MR) is 92.0 cm³/mol. The van der Waals surface area contributed by atoms with Gasteiger partial charge in [0.1, 0.15) is 17.1 Å². The van der Waals surface area contributed by atoms with Gasteiger partial charge in [-0.15, -0.1) is 0 Å². The molecule has 3 aromatic rings. The maximum absolute atomic E-state index is 12.3. The number of anilines is 3. The standard InChI is InChI=1S/C15H16N4O3S2/c1-10-9-23-15(19(10)3)16-12-4-6-13(7-5-12)24(20,21)18-14-8-11(2)22-17-14/h4-9H,1-3H3,(H,17,18)/p+1. The van der Waals surface area contributed by atoms with Gasteiger partial charge in [-0.1, -0.05) is 16.5 Å². The van der Waals surface area contributed by atoms with Gasteiger partial charge in [0.25, 0.3) is 10.0 Å². The molecule has 0 bridgehead atoms. The molecule has 24 heavy (non-hydrogen) atoms. The van der Waals surface area contributed by atoms with Gasteiger partial charge in [-0.3, -0.25) is 4.72 Å². The fourth-order valence-corrected chi connectivity index (χ4v) is 3.93. The number of hydrogen-bond donors (Lipinski definition) is 2. The Kier molecular flexibility index (Phi) is 4.29. The van der Waals surface area contributed by atoms with Crippen LogP contribution in [0.5, 0.6) is 0 Å². The zero-order valence-corrected chi connectivity index (χ0v) is 15.0. The largest absolute Gasteiger partial charge is 0.360 e. The topological polar surface area (TPSA) is 88.1 Å². The molecule has 0 saturated heterocycles. The Labute approximate surface area is 144 Å². The fraction of sp³-hybridized carbons (Fsp3) is 0.200. The van der Waals surface area contributed by atoms with Gasteiger partial charge in [-0.2, -0.15) is 0 Å². The Balaban J connectivity index is 1.77. The van der Waals surface area contributed by atoms with E-state index in [1.54, 1.807) is 30.4 Å². The first-order valence-corrected chi connectivity index (χ1v) is 9.49. The molecule has 9 heteroatoms. The van der Waals surface area contributed by atoms with E-state index in [0.717, 1.165) is 16.5 Å². The Morgan fingerprint density at radius 1 is 1.21 bits per heavy atom. The summed E-state index contributed by atoms with van der Waals surface area (Å²) in [6, 6.07) is 8.04. The lowest BCUT2D eigenvalue weighted by molar-refractivity contribution is -0.658. The normalized spacial score (nSPS) is 11.5. The Morgan fingerprint density at radius 2 is 1.92 bits per heavy atom. The molecule has 0 unspecified atom stereocenters. The van der Waals surface area contributed by atoms with Gasteiger partial charge in [-0.25, -0.2) is 18.3 Å². The average molecular weight is 365 g/mol. The predicted octanol–water partition coefficient (Wildman–Crippen LogP) is 2.72. The number of aromatic nitrogens is 2. The van der Waals surface area contributed by atoms with Crippen molar-refractivity contribution in [1.29, 1.82) is 0 Å². The molecule has 2 heterocycles. The van der Waals surface area contributed by atoms with E-state index in [-0.39, 0.29) is 10.7 Å². The molecule has 2 aromatic heterocycles. The summed E-state index contributed by atoms with van der Waals surface area (Å²) in [5.41, 5.74) is 1.96. The summed E-state index contributed by atoms with van der Waals surface area (Å²) in [7, 11) is -1.73. The fourth-order valence-electron chi connectivity index (χ4n) is 2.02. The lowest BCUT2D eigenvalue weighted by Gasteiger charge is -2.05. The lowest BCUT2D eigenvalue weighted by Crippen LogP contribution is -2.31. The van der Waals surface area contributed by atoms with Crippen molar-refractivity contribution in [1.82, 2.24) is 5.16 Å². The molecule has 0 atom stereocenters. The van der Waals surface area contributed by atoms with Crippen molar-refractivity contribution >= 4 is 38.0 Å². The van der Waals surface area contributed by atoms with Crippen LogP contribution in [0.1, 0.15) is 11.5 Å². The quantitative estimate of drug-likeness (QED) is 0.679. The molecular weight excluding hydrogens is 348 g/mol. The maximum Gasteiger partial charge on any atom is 0.338 e. The van der Waals surface area contributed by atoms with Crippen LogP contribution in [-0.4, -0.2) is 13.6 Å². The van der Waals surface area contributed by atoms with Crippen molar-refractivity contribution < 1.29 is 17.5 Å². The first-order valence-electron chi connectivity index (χ1n) is 7.12. The first kappa shape index (κ1) is 16.5. The van der Waals surface area contributed by atoms with Crippen LogP contribution in [0.2, 0.25) is 0 Å². The number of rotatable bonds is 5. The van der Waals surface area contributed by atoms with E-state index < -0.39 is 10.0 Å². The Morgan fingerprint density at radius 3 is 2.46 bits per heavy atom. The molecule has 2 N–H and O–H groups in total. The van der Waals surface area contributed by atoms with Crippen LogP contribution >= 0.6 is 11.3 Å². The van der Waals surface area contributed by atoms with Crippen LogP contribution < -0.4 is 14.6 Å². The third-order valence-electron chi connectivity index (χ3n) is 3.46. The molecule has 126 valence electrons. The summed E-state index contributed by atoms with van der Waals surface area (Å²) in [6.45, 7) is 3.71. The van der Waals surface area contributed by atoms with Crippen molar-refractivity contribution in [3.63, 3.8) is 0 Å². The lowest BCUT2D eigenvalue weighted by atomic mass is 10.3. The SMILES string of the molecule is Cc1cc(NS(=O)(=O)c2ccc(Nc3scc(C)[n+]3C)cc2)no1. The van der Waals surface area contributed by atoms with Crippen molar-refractivity contribution in [3.05, 3.63) is 47.2 Å². The van der Waals surface area contributed by atoms with Crippen LogP contribution in [0.3, 0.4) is 0 Å². The molecule has 1 aromatic carbocycles. The molecule has 7 nitrogen and oxygen atoms in total. The molecular formula is C15H17N4O3S2+. The summed E-state index contributed by atoms with van der Waals surface area (Å²) < 4.78 is 33.9. The molecule has 0 fully saturated rings. The zero-order chi connectivity index (χ0) is 17.3. The summed E-state index contributed by atoms with van der Waals surface area (Å²) in [5.74, 6) is 0.696.